The molecular weight excluding hydrogens is 296 g/mol. The van der Waals surface area contributed by atoms with Crippen molar-refractivity contribution in [2.75, 3.05) is 10.6 Å². The van der Waals surface area contributed by atoms with E-state index >= 15 is 0 Å². The maximum Gasteiger partial charge on any atom is 0.335 e. The molecule has 21 heavy (non-hydrogen) atoms. The Morgan fingerprint density at radius 2 is 2.14 bits per heavy atom. The summed E-state index contributed by atoms with van der Waals surface area (Å²) in [5.74, 6) is -1.10. The lowest BCUT2D eigenvalue weighted by atomic mass is 10.2. The van der Waals surface area contributed by atoms with E-state index in [9.17, 15) is 9.59 Å². The number of urea groups is 1. The van der Waals surface area contributed by atoms with Crippen LogP contribution in [0.2, 0.25) is 5.02 Å². The molecule has 0 saturated carbocycles. The van der Waals surface area contributed by atoms with E-state index in [2.05, 4.69) is 15.7 Å². The molecule has 0 bridgehead atoms. The highest BCUT2D eigenvalue weighted by molar-refractivity contribution is 6.34. The number of hydrogen-bond donors (Lipinski definition) is 3. The molecule has 1 aromatic heterocycles. The third-order valence-electron chi connectivity index (χ3n) is 2.68. The number of halogens is 1. The number of anilines is 2. The van der Waals surface area contributed by atoms with Crippen LogP contribution in [-0.4, -0.2) is 26.9 Å². The number of nitrogens with one attached hydrogen (secondary N) is 2. The zero-order chi connectivity index (χ0) is 15.4. The van der Waals surface area contributed by atoms with Gasteiger partial charge in [0.25, 0.3) is 0 Å². The Morgan fingerprint density at radius 1 is 1.38 bits per heavy atom. The molecule has 2 rings (SSSR count). The Balaban J connectivity index is 2.08. The van der Waals surface area contributed by atoms with Gasteiger partial charge in [0, 0.05) is 12.7 Å². The van der Waals surface area contributed by atoms with Crippen molar-refractivity contribution in [2.45, 2.75) is 13.5 Å². The van der Waals surface area contributed by atoms with Gasteiger partial charge in [0.1, 0.15) is 0 Å². The van der Waals surface area contributed by atoms with E-state index in [1.807, 2.05) is 6.92 Å². The first-order valence-corrected chi connectivity index (χ1v) is 6.50. The minimum Gasteiger partial charge on any atom is -0.478 e. The van der Waals surface area contributed by atoms with Crippen LogP contribution in [-0.2, 0) is 6.54 Å². The number of carboxylic acid groups (broad SMARTS) is 1. The van der Waals surface area contributed by atoms with Gasteiger partial charge < -0.3 is 15.7 Å². The summed E-state index contributed by atoms with van der Waals surface area (Å²) in [5, 5.41) is 18.3. The summed E-state index contributed by atoms with van der Waals surface area (Å²) in [5.41, 5.74) is 0.783. The number of aryl methyl sites for hydroxylation is 1. The van der Waals surface area contributed by atoms with E-state index in [0.717, 1.165) is 0 Å². The summed E-state index contributed by atoms with van der Waals surface area (Å²) in [6.45, 7) is 2.61. The fourth-order valence-corrected chi connectivity index (χ4v) is 1.80. The average molecular weight is 309 g/mol. The smallest absolute Gasteiger partial charge is 0.335 e. The fourth-order valence-electron chi connectivity index (χ4n) is 1.64. The molecule has 0 radical (unpaired) electrons. The van der Waals surface area contributed by atoms with E-state index in [1.54, 1.807) is 10.9 Å². The Morgan fingerprint density at radius 3 is 2.76 bits per heavy atom. The van der Waals surface area contributed by atoms with Crippen LogP contribution in [0.15, 0.2) is 30.6 Å². The summed E-state index contributed by atoms with van der Waals surface area (Å²) in [6.07, 6.45) is 3.19. The molecule has 8 heteroatoms. The molecule has 0 atom stereocenters. The van der Waals surface area contributed by atoms with Gasteiger partial charge in [-0.25, -0.2) is 9.59 Å². The maximum absolute atomic E-state index is 11.8. The quantitative estimate of drug-likeness (QED) is 0.809. The van der Waals surface area contributed by atoms with Gasteiger partial charge >= 0.3 is 12.0 Å². The second kappa shape index (κ2) is 6.27. The highest BCUT2D eigenvalue weighted by Crippen LogP contribution is 2.23. The van der Waals surface area contributed by atoms with E-state index < -0.39 is 12.0 Å². The summed E-state index contributed by atoms with van der Waals surface area (Å²) in [7, 11) is 0. The van der Waals surface area contributed by atoms with Crippen LogP contribution in [0, 0.1) is 0 Å². The monoisotopic (exact) mass is 308 g/mol. The van der Waals surface area contributed by atoms with Crippen LogP contribution in [0.4, 0.5) is 16.2 Å². The second-order valence-electron chi connectivity index (χ2n) is 4.16. The molecule has 0 aliphatic carbocycles. The third kappa shape index (κ3) is 3.73. The van der Waals surface area contributed by atoms with Crippen molar-refractivity contribution in [1.29, 1.82) is 0 Å². The first kappa shape index (κ1) is 14.9. The van der Waals surface area contributed by atoms with Crippen molar-refractivity contribution >= 4 is 35.0 Å². The first-order chi connectivity index (χ1) is 9.99. The molecule has 0 saturated heterocycles. The van der Waals surface area contributed by atoms with E-state index in [-0.39, 0.29) is 16.3 Å². The first-order valence-electron chi connectivity index (χ1n) is 6.13. The van der Waals surface area contributed by atoms with E-state index in [4.69, 9.17) is 16.7 Å². The lowest BCUT2D eigenvalue weighted by Gasteiger charge is -2.08. The standard InChI is InChI=1S/C13H13ClN4O3/c1-2-18-7-9(6-15-18)16-13(21)17-11-5-8(12(19)20)3-4-10(11)14/h3-7H,2H2,1H3,(H,19,20)(H2,16,17,21). The third-order valence-corrected chi connectivity index (χ3v) is 3.01. The normalized spacial score (nSPS) is 10.2. The number of carboxylic acids is 1. The van der Waals surface area contributed by atoms with Crippen molar-refractivity contribution < 1.29 is 14.7 Å². The number of rotatable bonds is 4. The predicted molar refractivity (Wildman–Crippen MR) is 79.0 cm³/mol. The number of benzene rings is 1. The predicted octanol–water partition coefficient (Wildman–Crippen LogP) is 2.90. The lowest BCUT2D eigenvalue weighted by Crippen LogP contribution is -2.19. The molecule has 0 aliphatic heterocycles. The van der Waals surface area contributed by atoms with Crippen LogP contribution in [0.25, 0.3) is 0 Å². The second-order valence-corrected chi connectivity index (χ2v) is 4.57. The van der Waals surface area contributed by atoms with E-state index in [1.165, 1.54) is 24.4 Å². The highest BCUT2D eigenvalue weighted by atomic mass is 35.5. The average Bonchev–Trinajstić information content (AvgIpc) is 2.88. The molecule has 0 fully saturated rings. The lowest BCUT2D eigenvalue weighted by molar-refractivity contribution is 0.0697. The van der Waals surface area contributed by atoms with Crippen LogP contribution in [0.5, 0.6) is 0 Å². The Kier molecular flexibility index (Phi) is 4.44. The van der Waals surface area contributed by atoms with Crippen molar-refractivity contribution in [3.63, 3.8) is 0 Å². The fraction of sp³-hybridized carbons (Fsp3) is 0.154. The van der Waals surface area contributed by atoms with Crippen molar-refractivity contribution in [3.8, 4) is 0 Å². The van der Waals surface area contributed by atoms with Crippen molar-refractivity contribution in [1.82, 2.24) is 9.78 Å². The van der Waals surface area contributed by atoms with Crippen LogP contribution >= 0.6 is 11.6 Å². The molecule has 2 aromatic rings. The minimum atomic E-state index is -1.10. The van der Waals surface area contributed by atoms with Crippen LogP contribution in [0.3, 0.4) is 0 Å². The SMILES string of the molecule is CCn1cc(NC(=O)Nc2cc(C(=O)O)ccc2Cl)cn1. The van der Waals surface area contributed by atoms with Gasteiger partial charge in [0.05, 0.1) is 28.2 Å². The number of carbonyl (C=O) groups is 2. The number of amides is 2. The van der Waals surface area contributed by atoms with Crippen molar-refractivity contribution in [2.24, 2.45) is 0 Å². The van der Waals surface area contributed by atoms with Gasteiger partial charge in [0.15, 0.2) is 0 Å². The maximum atomic E-state index is 11.8. The molecule has 1 heterocycles. The number of carbonyl (C=O) groups excluding carboxylic acids is 1. The van der Waals surface area contributed by atoms with Gasteiger partial charge in [0.2, 0.25) is 0 Å². The molecule has 3 N–H and O–H groups in total. The zero-order valence-electron chi connectivity index (χ0n) is 11.1. The molecule has 0 aliphatic rings. The Bertz CT molecular complexity index is 684. The molecule has 2 amide bonds. The zero-order valence-corrected chi connectivity index (χ0v) is 11.9. The topological polar surface area (TPSA) is 96.2 Å². The minimum absolute atomic E-state index is 0.0357. The van der Waals surface area contributed by atoms with Gasteiger partial charge in [-0.15, -0.1) is 0 Å². The van der Waals surface area contributed by atoms with E-state index in [0.29, 0.717) is 12.2 Å². The Labute approximate surface area is 125 Å². The summed E-state index contributed by atoms with van der Waals surface area (Å²) < 4.78 is 1.66. The van der Waals surface area contributed by atoms with Crippen LogP contribution < -0.4 is 10.6 Å². The highest BCUT2D eigenvalue weighted by Gasteiger charge is 2.10. The number of hydrogen-bond acceptors (Lipinski definition) is 3. The van der Waals surface area contributed by atoms with Gasteiger partial charge in [-0.2, -0.15) is 5.10 Å². The molecule has 0 unspecified atom stereocenters. The summed E-state index contributed by atoms with van der Waals surface area (Å²) in [4.78, 5) is 22.7. The summed E-state index contributed by atoms with van der Waals surface area (Å²) >= 11 is 5.92. The van der Waals surface area contributed by atoms with Crippen molar-refractivity contribution in [3.05, 3.63) is 41.2 Å². The Hall–Kier alpha value is -2.54. The molecule has 110 valence electrons. The molecular formula is C13H13ClN4O3. The number of aromatic carboxylic acids is 1. The molecule has 7 nitrogen and oxygen atoms in total. The molecule has 0 spiro atoms. The van der Waals surface area contributed by atoms with Gasteiger partial charge in [-0.3, -0.25) is 4.68 Å². The summed E-state index contributed by atoms with van der Waals surface area (Å²) in [6, 6.07) is 3.53. The largest absolute Gasteiger partial charge is 0.478 e. The number of aromatic nitrogens is 2. The van der Waals surface area contributed by atoms with Crippen LogP contribution in [0.1, 0.15) is 17.3 Å². The number of nitrogens with zero attached hydrogens (tertiary/aromatic N) is 2. The van der Waals surface area contributed by atoms with Gasteiger partial charge in [-0.1, -0.05) is 11.6 Å². The van der Waals surface area contributed by atoms with Gasteiger partial charge in [-0.05, 0) is 25.1 Å². The molecule has 1 aromatic carbocycles.